The van der Waals surface area contributed by atoms with Crippen LogP contribution in [-0.4, -0.2) is 41.4 Å². The van der Waals surface area contributed by atoms with E-state index < -0.39 is 0 Å². The molecule has 1 aromatic heterocycles. The number of nitrogens with zero attached hydrogens (tertiary/aromatic N) is 3. The van der Waals surface area contributed by atoms with Crippen LogP contribution in [0.2, 0.25) is 0 Å². The van der Waals surface area contributed by atoms with E-state index in [-0.39, 0.29) is 29.5 Å². The standard InChI is InChI=1S/C22H34N6.HI/c1-19(20-10-4-3-5-11-20)27-22(12-6-7-13-22)18-25-21(23-2)24-14-8-16-28-17-9-15-26-28;/h3-5,9-11,15,17,19,27H,6-8,12-14,16,18H2,1-2H3,(H2,23,24,25);1H. The molecular formula is C22H35IN6. The number of hydrogen-bond donors (Lipinski definition) is 3. The molecule has 1 unspecified atom stereocenters. The summed E-state index contributed by atoms with van der Waals surface area (Å²) in [5.41, 5.74) is 1.47. The van der Waals surface area contributed by atoms with Gasteiger partial charge in [-0.1, -0.05) is 43.2 Å². The first-order valence-corrected chi connectivity index (χ1v) is 10.5. The predicted octanol–water partition coefficient (Wildman–Crippen LogP) is 3.72. The fraction of sp³-hybridized carbons (Fsp3) is 0.545. The second-order valence-electron chi connectivity index (χ2n) is 7.74. The highest BCUT2D eigenvalue weighted by molar-refractivity contribution is 14.0. The average Bonchev–Trinajstić information content (AvgIpc) is 3.41. The Morgan fingerprint density at radius 1 is 1.17 bits per heavy atom. The lowest BCUT2D eigenvalue weighted by Crippen LogP contribution is -2.54. The van der Waals surface area contributed by atoms with Crippen molar-refractivity contribution in [2.24, 2.45) is 4.99 Å². The summed E-state index contributed by atoms with van der Waals surface area (Å²) in [5, 5.41) is 15.1. The number of aromatic nitrogens is 2. The normalized spacial score (nSPS) is 16.8. The molecule has 1 aliphatic carbocycles. The predicted molar refractivity (Wildman–Crippen MR) is 131 cm³/mol. The molecule has 1 saturated carbocycles. The molecule has 0 radical (unpaired) electrons. The number of hydrogen-bond acceptors (Lipinski definition) is 3. The molecule has 0 aliphatic heterocycles. The van der Waals surface area contributed by atoms with Gasteiger partial charge in [-0.3, -0.25) is 9.67 Å². The van der Waals surface area contributed by atoms with Crippen molar-refractivity contribution in [1.29, 1.82) is 0 Å². The van der Waals surface area contributed by atoms with E-state index in [1.54, 1.807) is 0 Å². The largest absolute Gasteiger partial charge is 0.356 e. The third kappa shape index (κ3) is 7.29. The van der Waals surface area contributed by atoms with Crippen LogP contribution in [0.5, 0.6) is 0 Å². The third-order valence-electron chi connectivity index (χ3n) is 5.62. The van der Waals surface area contributed by atoms with E-state index in [0.717, 1.165) is 32.0 Å². The highest BCUT2D eigenvalue weighted by atomic mass is 127. The van der Waals surface area contributed by atoms with Crippen LogP contribution in [0.3, 0.4) is 0 Å². The van der Waals surface area contributed by atoms with Crippen LogP contribution < -0.4 is 16.0 Å². The van der Waals surface area contributed by atoms with Gasteiger partial charge in [0.05, 0.1) is 0 Å². The quantitative estimate of drug-likeness (QED) is 0.208. The Hall–Kier alpha value is -1.61. The number of nitrogens with one attached hydrogen (secondary N) is 3. The van der Waals surface area contributed by atoms with Gasteiger partial charge in [0, 0.05) is 50.7 Å². The van der Waals surface area contributed by atoms with Gasteiger partial charge >= 0.3 is 0 Å². The first kappa shape index (κ1) is 23.7. The van der Waals surface area contributed by atoms with Crippen molar-refractivity contribution < 1.29 is 0 Å². The topological polar surface area (TPSA) is 66.3 Å². The molecule has 1 fully saturated rings. The summed E-state index contributed by atoms with van der Waals surface area (Å²) in [4.78, 5) is 4.40. The Balaban J connectivity index is 0.00000300. The van der Waals surface area contributed by atoms with Crippen molar-refractivity contribution in [1.82, 2.24) is 25.7 Å². The van der Waals surface area contributed by atoms with E-state index in [9.17, 15) is 0 Å². The molecule has 6 nitrogen and oxygen atoms in total. The summed E-state index contributed by atoms with van der Waals surface area (Å²) in [6.07, 6.45) is 9.80. The SMILES string of the molecule is CN=C(NCCCn1cccn1)NCC1(NC(C)c2ccccc2)CCCC1.I. The van der Waals surface area contributed by atoms with Gasteiger partial charge in [0.25, 0.3) is 0 Å². The van der Waals surface area contributed by atoms with Crippen LogP contribution in [0.4, 0.5) is 0 Å². The van der Waals surface area contributed by atoms with Gasteiger partial charge in [0.1, 0.15) is 0 Å². The Morgan fingerprint density at radius 2 is 1.93 bits per heavy atom. The molecule has 1 atom stereocenters. The number of benzene rings is 1. The summed E-state index contributed by atoms with van der Waals surface area (Å²) in [6, 6.07) is 13.0. The van der Waals surface area contributed by atoms with E-state index >= 15 is 0 Å². The van der Waals surface area contributed by atoms with Crippen molar-refractivity contribution in [2.75, 3.05) is 20.1 Å². The molecule has 0 bridgehead atoms. The number of halogens is 1. The smallest absolute Gasteiger partial charge is 0.191 e. The maximum atomic E-state index is 4.40. The summed E-state index contributed by atoms with van der Waals surface area (Å²) in [5.74, 6) is 0.876. The van der Waals surface area contributed by atoms with Crippen LogP contribution in [0, 0.1) is 0 Å². The minimum Gasteiger partial charge on any atom is -0.356 e. The van der Waals surface area contributed by atoms with Crippen LogP contribution in [-0.2, 0) is 6.54 Å². The maximum Gasteiger partial charge on any atom is 0.191 e. The fourth-order valence-electron chi connectivity index (χ4n) is 4.06. The fourth-order valence-corrected chi connectivity index (χ4v) is 4.06. The number of aliphatic imine (C=N–C) groups is 1. The Morgan fingerprint density at radius 3 is 2.59 bits per heavy atom. The van der Waals surface area contributed by atoms with Gasteiger partial charge in [0.15, 0.2) is 5.96 Å². The summed E-state index contributed by atoms with van der Waals surface area (Å²) >= 11 is 0. The van der Waals surface area contributed by atoms with E-state index in [1.807, 2.05) is 30.2 Å². The molecule has 29 heavy (non-hydrogen) atoms. The van der Waals surface area contributed by atoms with Gasteiger partial charge in [-0.25, -0.2) is 0 Å². The molecule has 0 amide bonds. The summed E-state index contributed by atoms with van der Waals surface area (Å²) < 4.78 is 1.96. The Labute approximate surface area is 192 Å². The second-order valence-corrected chi connectivity index (χ2v) is 7.74. The van der Waals surface area contributed by atoms with E-state index in [1.165, 1.54) is 31.2 Å². The molecule has 160 valence electrons. The number of aryl methyl sites for hydroxylation is 1. The van der Waals surface area contributed by atoms with Crippen LogP contribution in [0.1, 0.15) is 50.6 Å². The number of rotatable bonds is 9. The Kier molecular flexibility index (Phi) is 9.93. The summed E-state index contributed by atoms with van der Waals surface area (Å²) in [7, 11) is 1.84. The average molecular weight is 510 g/mol. The minimum absolute atomic E-state index is 0. The molecular weight excluding hydrogens is 475 g/mol. The van der Waals surface area contributed by atoms with Crippen molar-refractivity contribution in [3.63, 3.8) is 0 Å². The molecule has 0 saturated heterocycles. The van der Waals surface area contributed by atoms with Crippen LogP contribution in [0.25, 0.3) is 0 Å². The zero-order chi connectivity index (χ0) is 19.7. The van der Waals surface area contributed by atoms with Gasteiger partial charge in [-0.15, -0.1) is 24.0 Å². The molecule has 3 rings (SSSR count). The first-order chi connectivity index (χ1) is 13.7. The van der Waals surface area contributed by atoms with Gasteiger partial charge in [0.2, 0.25) is 0 Å². The van der Waals surface area contributed by atoms with E-state index in [0.29, 0.717) is 6.04 Å². The molecule has 3 N–H and O–H groups in total. The zero-order valence-electron chi connectivity index (χ0n) is 17.6. The molecule has 0 spiro atoms. The van der Waals surface area contributed by atoms with Crippen molar-refractivity contribution in [3.8, 4) is 0 Å². The van der Waals surface area contributed by atoms with Crippen molar-refractivity contribution >= 4 is 29.9 Å². The molecule has 2 aromatic rings. The van der Waals surface area contributed by atoms with E-state index in [4.69, 9.17) is 0 Å². The maximum absolute atomic E-state index is 4.40. The Bertz CT molecular complexity index is 710. The zero-order valence-corrected chi connectivity index (χ0v) is 19.9. The minimum atomic E-state index is 0. The summed E-state index contributed by atoms with van der Waals surface area (Å²) in [6.45, 7) is 4.94. The van der Waals surface area contributed by atoms with E-state index in [2.05, 4.69) is 63.3 Å². The third-order valence-corrected chi connectivity index (χ3v) is 5.62. The highest BCUT2D eigenvalue weighted by Gasteiger charge is 2.35. The van der Waals surface area contributed by atoms with Gasteiger partial charge in [-0.05, 0) is 37.8 Å². The molecule has 1 aromatic carbocycles. The van der Waals surface area contributed by atoms with Gasteiger partial charge in [-0.2, -0.15) is 5.10 Å². The molecule has 7 heteroatoms. The molecule has 1 heterocycles. The highest BCUT2D eigenvalue weighted by Crippen LogP contribution is 2.31. The second kappa shape index (κ2) is 12.2. The molecule has 1 aliphatic rings. The van der Waals surface area contributed by atoms with Crippen molar-refractivity contribution in [2.45, 2.75) is 57.2 Å². The lowest BCUT2D eigenvalue weighted by molar-refractivity contribution is 0.297. The van der Waals surface area contributed by atoms with Crippen LogP contribution >= 0.6 is 24.0 Å². The number of guanidine groups is 1. The first-order valence-electron chi connectivity index (χ1n) is 10.5. The van der Waals surface area contributed by atoms with Gasteiger partial charge < -0.3 is 16.0 Å². The lowest BCUT2D eigenvalue weighted by Gasteiger charge is -2.35. The lowest BCUT2D eigenvalue weighted by atomic mass is 9.94. The monoisotopic (exact) mass is 510 g/mol. The van der Waals surface area contributed by atoms with Crippen molar-refractivity contribution in [3.05, 3.63) is 54.4 Å². The van der Waals surface area contributed by atoms with Crippen LogP contribution in [0.15, 0.2) is 53.8 Å².